The molecule has 0 saturated heterocycles. The number of carbonyl (C=O) groups excluding carboxylic acids is 2. The minimum atomic E-state index is -0.265. The number of ketones is 1. The molecule has 0 aliphatic rings. The van der Waals surface area contributed by atoms with Crippen molar-refractivity contribution in [3.05, 3.63) is 77.4 Å². The van der Waals surface area contributed by atoms with Gasteiger partial charge in [0.2, 0.25) is 5.78 Å². The third-order valence-electron chi connectivity index (χ3n) is 4.37. The Morgan fingerprint density at radius 3 is 2.52 bits per heavy atom. The number of nitrogens with zero attached hydrogens (tertiary/aromatic N) is 2. The van der Waals surface area contributed by atoms with Gasteiger partial charge in [-0.05, 0) is 55.3 Å². The first kappa shape index (κ1) is 18.4. The zero-order valence-electron chi connectivity index (χ0n) is 15.5. The molecule has 0 spiro atoms. The summed E-state index contributed by atoms with van der Waals surface area (Å²) in [7, 11) is 1.77. The van der Waals surface area contributed by atoms with Crippen LogP contribution in [-0.2, 0) is 11.8 Å². The maximum absolute atomic E-state index is 12.4. The van der Waals surface area contributed by atoms with E-state index in [2.05, 4.69) is 10.3 Å². The van der Waals surface area contributed by atoms with E-state index in [0.29, 0.717) is 22.8 Å². The first-order chi connectivity index (χ1) is 13.0. The van der Waals surface area contributed by atoms with Crippen molar-refractivity contribution in [1.29, 1.82) is 0 Å². The Morgan fingerprint density at radius 1 is 1.11 bits per heavy atom. The molecule has 6 heteroatoms. The summed E-state index contributed by atoms with van der Waals surface area (Å²) in [4.78, 5) is 28.6. The fourth-order valence-electron chi connectivity index (χ4n) is 2.64. The molecule has 0 aliphatic carbocycles. The molecule has 27 heavy (non-hydrogen) atoms. The number of aryl methyl sites for hydroxylation is 2. The third-order valence-corrected chi connectivity index (χ3v) is 4.37. The topological polar surface area (TPSA) is 73.2 Å². The molecule has 0 unspecified atom stereocenters. The quantitative estimate of drug-likeness (QED) is 0.682. The molecule has 3 rings (SSSR count). The van der Waals surface area contributed by atoms with Gasteiger partial charge in [-0.3, -0.25) is 9.59 Å². The molecule has 0 radical (unpaired) electrons. The maximum atomic E-state index is 12.4. The van der Waals surface area contributed by atoms with Gasteiger partial charge in [0.25, 0.3) is 5.91 Å². The summed E-state index contributed by atoms with van der Waals surface area (Å²) in [5.74, 6) is 0.632. The van der Waals surface area contributed by atoms with Crippen molar-refractivity contribution in [3.63, 3.8) is 0 Å². The second kappa shape index (κ2) is 7.86. The average molecular weight is 363 g/mol. The SMILES string of the molecule is Cc1cccc(OCC(=O)Nc2ccc(C(=O)c3nccn3C)cc2)c1C. The highest BCUT2D eigenvalue weighted by atomic mass is 16.5. The fourth-order valence-corrected chi connectivity index (χ4v) is 2.64. The molecule has 2 aromatic carbocycles. The Morgan fingerprint density at radius 2 is 1.85 bits per heavy atom. The van der Waals surface area contributed by atoms with Gasteiger partial charge in [-0.15, -0.1) is 0 Å². The lowest BCUT2D eigenvalue weighted by Crippen LogP contribution is -2.20. The standard InChI is InChI=1S/C21H21N3O3/c1-14-5-4-6-18(15(14)2)27-13-19(25)23-17-9-7-16(8-10-17)20(26)21-22-11-12-24(21)3/h4-12H,13H2,1-3H3,(H,23,25). The number of anilines is 1. The lowest BCUT2D eigenvalue weighted by atomic mass is 10.1. The summed E-state index contributed by atoms with van der Waals surface area (Å²) in [5, 5.41) is 2.76. The maximum Gasteiger partial charge on any atom is 0.262 e. The summed E-state index contributed by atoms with van der Waals surface area (Å²) >= 11 is 0. The summed E-state index contributed by atoms with van der Waals surface area (Å²) < 4.78 is 7.27. The van der Waals surface area contributed by atoms with Gasteiger partial charge in [-0.25, -0.2) is 4.98 Å². The summed E-state index contributed by atoms with van der Waals surface area (Å²) in [5.41, 5.74) is 3.23. The summed E-state index contributed by atoms with van der Waals surface area (Å²) in [6.07, 6.45) is 3.30. The Kier molecular flexibility index (Phi) is 5.35. The molecule has 0 bridgehead atoms. The van der Waals surface area contributed by atoms with Gasteiger partial charge >= 0.3 is 0 Å². The van der Waals surface area contributed by atoms with Gasteiger partial charge < -0.3 is 14.6 Å². The molecular weight excluding hydrogens is 342 g/mol. The highest BCUT2D eigenvalue weighted by molar-refractivity contribution is 6.07. The molecule has 1 N–H and O–H groups in total. The minimum absolute atomic E-state index is 0.0851. The van der Waals surface area contributed by atoms with E-state index < -0.39 is 0 Å². The number of nitrogens with one attached hydrogen (secondary N) is 1. The predicted octanol–water partition coefficient (Wildman–Crippen LogP) is 3.29. The van der Waals surface area contributed by atoms with E-state index in [1.165, 1.54) is 0 Å². The van der Waals surface area contributed by atoms with Gasteiger partial charge in [0.15, 0.2) is 12.4 Å². The second-order valence-electron chi connectivity index (χ2n) is 6.30. The van der Waals surface area contributed by atoms with Crippen molar-refractivity contribution in [2.45, 2.75) is 13.8 Å². The Labute approximate surface area is 157 Å². The van der Waals surface area contributed by atoms with Crippen LogP contribution in [0.3, 0.4) is 0 Å². The van der Waals surface area contributed by atoms with Crippen LogP contribution < -0.4 is 10.1 Å². The average Bonchev–Trinajstić information content (AvgIpc) is 3.09. The van der Waals surface area contributed by atoms with E-state index in [1.807, 2.05) is 32.0 Å². The number of hydrogen-bond donors (Lipinski definition) is 1. The Balaban J connectivity index is 1.59. The van der Waals surface area contributed by atoms with Crippen LogP contribution in [0.15, 0.2) is 54.9 Å². The largest absolute Gasteiger partial charge is 0.483 e. The van der Waals surface area contributed by atoms with Crippen LogP contribution in [-0.4, -0.2) is 27.8 Å². The number of aromatic nitrogens is 2. The van der Waals surface area contributed by atoms with Crippen LogP contribution in [0.5, 0.6) is 5.75 Å². The number of rotatable bonds is 6. The monoisotopic (exact) mass is 363 g/mol. The molecule has 0 fully saturated rings. The van der Waals surface area contributed by atoms with Crippen LogP contribution >= 0.6 is 0 Å². The highest BCUT2D eigenvalue weighted by Crippen LogP contribution is 2.20. The van der Waals surface area contributed by atoms with Crippen molar-refractivity contribution in [3.8, 4) is 5.75 Å². The van der Waals surface area contributed by atoms with Crippen molar-refractivity contribution >= 4 is 17.4 Å². The van der Waals surface area contributed by atoms with Crippen LogP contribution in [0.25, 0.3) is 0 Å². The van der Waals surface area contributed by atoms with Gasteiger partial charge in [-0.2, -0.15) is 0 Å². The Hall–Kier alpha value is -3.41. The molecule has 3 aromatic rings. The molecule has 0 atom stereocenters. The number of imidazole rings is 1. The molecule has 0 aliphatic heterocycles. The van der Waals surface area contributed by atoms with Crippen molar-refractivity contribution in [2.24, 2.45) is 7.05 Å². The van der Waals surface area contributed by atoms with Gasteiger partial charge in [0.1, 0.15) is 5.75 Å². The molecule has 1 amide bonds. The molecule has 1 aromatic heterocycles. The smallest absolute Gasteiger partial charge is 0.262 e. The van der Waals surface area contributed by atoms with Crippen LogP contribution in [0.4, 0.5) is 5.69 Å². The van der Waals surface area contributed by atoms with Crippen molar-refractivity contribution in [2.75, 3.05) is 11.9 Å². The number of ether oxygens (including phenoxy) is 1. The summed E-state index contributed by atoms with van der Waals surface area (Å²) in [6.45, 7) is 3.87. The zero-order valence-corrected chi connectivity index (χ0v) is 15.5. The number of benzene rings is 2. The summed E-state index contributed by atoms with van der Waals surface area (Å²) in [6, 6.07) is 12.4. The first-order valence-corrected chi connectivity index (χ1v) is 8.56. The van der Waals surface area contributed by atoms with Gasteiger partial charge in [0.05, 0.1) is 0 Å². The van der Waals surface area contributed by atoms with Crippen LogP contribution in [0.2, 0.25) is 0 Å². The van der Waals surface area contributed by atoms with E-state index >= 15 is 0 Å². The first-order valence-electron chi connectivity index (χ1n) is 8.56. The predicted molar refractivity (Wildman–Crippen MR) is 103 cm³/mol. The minimum Gasteiger partial charge on any atom is -0.483 e. The lowest BCUT2D eigenvalue weighted by Gasteiger charge is -2.11. The number of hydrogen-bond acceptors (Lipinski definition) is 4. The number of amides is 1. The van der Waals surface area contributed by atoms with E-state index in [1.54, 1.807) is 48.3 Å². The lowest BCUT2D eigenvalue weighted by molar-refractivity contribution is -0.118. The molecular formula is C21H21N3O3. The van der Waals surface area contributed by atoms with Crippen LogP contribution in [0, 0.1) is 13.8 Å². The zero-order chi connectivity index (χ0) is 19.4. The molecule has 0 saturated carbocycles. The van der Waals surface area contributed by atoms with Gasteiger partial charge in [-0.1, -0.05) is 12.1 Å². The fraction of sp³-hybridized carbons (Fsp3) is 0.190. The van der Waals surface area contributed by atoms with Crippen LogP contribution in [0.1, 0.15) is 27.3 Å². The molecule has 6 nitrogen and oxygen atoms in total. The third kappa shape index (κ3) is 4.23. The van der Waals surface area contributed by atoms with Crippen molar-refractivity contribution in [1.82, 2.24) is 9.55 Å². The molecule has 138 valence electrons. The van der Waals surface area contributed by atoms with Crippen molar-refractivity contribution < 1.29 is 14.3 Å². The highest BCUT2D eigenvalue weighted by Gasteiger charge is 2.14. The van der Waals surface area contributed by atoms with E-state index in [9.17, 15) is 9.59 Å². The van der Waals surface area contributed by atoms with E-state index in [4.69, 9.17) is 4.74 Å². The Bertz CT molecular complexity index is 975. The van der Waals surface area contributed by atoms with E-state index in [0.717, 1.165) is 11.1 Å². The number of carbonyl (C=O) groups is 2. The normalized spacial score (nSPS) is 10.5. The van der Waals surface area contributed by atoms with E-state index in [-0.39, 0.29) is 18.3 Å². The molecule has 1 heterocycles. The second-order valence-corrected chi connectivity index (χ2v) is 6.30. The van der Waals surface area contributed by atoms with Gasteiger partial charge in [0, 0.05) is 30.7 Å².